The molecule has 0 unspecified atom stereocenters. The number of rotatable bonds is 3. The Morgan fingerprint density at radius 1 is 1.61 bits per heavy atom. The van der Waals surface area contributed by atoms with Crippen LogP contribution in [0.15, 0.2) is 40.6 Å². The molecular weight excluding hydrogens is 240 g/mol. The van der Waals surface area contributed by atoms with E-state index in [2.05, 4.69) is 11.6 Å². The molecule has 0 spiro atoms. The highest BCUT2D eigenvalue weighted by atomic mass is 16.5. The summed E-state index contributed by atoms with van der Waals surface area (Å²) in [4.78, 5) is 24.5. The summed E-state index contributed by atoms with van der Waals surface area (Å²) in [6.07, 6.45) is 2.61. The molecule has 1 aromatic rings. The zero-order valence-electron chi connectivity index (χ0n) is 9.37. The van der Waals surface area contributed by atoms with Crippen molar-refractivity contribution in [2.24, 2.45) is 0 Å². The van der Waals surface area contributed by atoms with Gasteiger partial charge in [0.1, 0.15) is 6.10 Å². The van der Waals surface area contributed by atoms with Gasteiger partial charge >= 0.3 is 5.69 Å². The standard InChI is InChI=1S/C11H12N2O5/c1-2-11(6-14)7(15)5-9(18-11)13-4-3-8(16)12-10(13)17/h2-5,7,14-15H,1,6H2,(H,12,16,17)/t7-,11+/m0/s1. The number of hydrogen-bond donors (Lipinski definition) is 3. The number of nitrogens with zero attached hydrogens (tertiary/aromatic N) is 1. The fourth-order valence-electron chi connectivity index (χ4n) is 1.64. The Hall–Kier alpha value is -2.12. The highest BCUT2D eigenvalue weighted by molar-refractivity contribution is 5.45. The van der Waals surface area contributed by atoms with Crippen LogP contribution in [-0.2, 0) is 4.74 Å². The number of hydrogen-bond acceptors (Lipinski definition) is 5. The number of aliphatic hydroxyl groups excluding tert-OH is 2. The highest BCUT2D eigenvalue weighted by Gasteiger charge is 2.42. The molecule has 7 nitrogen and oxygen atoms in total. The van der Waals surface area contributed by atoms with Gasteiger partial charge in [-0.25, -0.2) is 9.36 Å². The van der Waals surface area contributed by atoms with Crippen molar-refractivity contribution in [3.8, 4) is 0 Å². The summed E-state index contributed by atoms with van der Waals surface area (Å²) in [5, 5.41) is 19.0. The molecule has 0 bridgehead atoms. The van der Waals surface area contributed by atoms with Gasteiger partial charge in [0.05, 0.1) is 6.61 Å². The minimum Gasteiger partial charge on any atom is -0.462 e. The number of ether oxygens (including phenoxy) is 1. The Morgan fingerprint density at radius 2 is 2.33 bits per heavy atom. The molecule has 0 amide bonds. The van der Waals surface area contributed by atoms with E-state index in [0.717, 1.165) is 10.6 Å². The van der Waals surface area contributed by atoms with Crippen LogP contribution in [0.2, 0.25) is 0 Å². The minimum absolute atomic E-state index is 0.0256. The normalized spacial score (nSPS) is 26.6. The summed E-state index contributed by atoms with van der Waals surface area (Å²) in [6.45, 7) is 2.99. The van der Waals surface area contributed by atoms with Gasteiger partial charge in [0, 0.05) is 18.3 Å². The lowest BCUT2D eigenvalue weighted by Gasteiger charge is -2.26. The monoisotopic (exact) mass is 252 g/mol. The first-order valence-corrected chi connectivity index (χ1v) is 5.18. The quantitative estimate of drug-likeness (QED) is 0.576. The van der Waals surface area contributed by atoms with Crippen LogP contribution < -0.4 is 11.2 Å². The average molecular weight is 252 g/mol. The van der Waals surface area contributed by atoms with Gasteiger partial charge in [-0.1, -0.05) is 6.58 Å². The van der Waals surface area contributed by atoms with Crippen LogP contribution in [0.25, 0.3) is 5.88 Å². The van der Waals surface area contributed by atoms with Crippen LogP contribution in [0.3, 0.4) is 0 Å². The molecule has 1 aliphatic rings. The first-order chi connectivity index (χ1) is 8.52. The lowest BCUT2D eigenvalue weighted by atomic mass is 9.99. The molecule has 96 valence electrons. The van der Waals surface area contributed by atoms with Crippen molar-refractivity contribution < 1.29 is 14.9 Å². The fourth-order valence-corrected chi connectivity index (χ4v) is 1.64. The molecule has 0 radical (unpaired) electrons. The molecule has 18 heavy (non-hydrogen) atoms. The van der Waals surface area contributed by atoms with E-state index >= 15 is 0 Å². The second kappa shape index (κ2) is 4.28. The van der Waals surface area contributed by atoms with Crippen molar-refractivity contribution in [1.82, 2.24) is 9.55 Å². The number of aliphatic hydroxyl groups is 2. The zero-order chi connectivity index (χ0) is 13.3. The van der Waals surface area contributed by atoms with E-state index in [0.29, 0.717) is 0 Å². The van der Waals surface area contributed by atoms with Crippen LogP contribution in [0.1, 0.15) is 0 Å². The Balaban J connectivity index is 2.43. The van der Waals surface area contributed by atoms with E-state index in [1.807, 2.05) is 0 Å². The van der Waals surface area contributed by atoms with E-state index in [1.54, 1.807) is 0 Å². The molecule has 0 saturated heterocycles. The molecule has 3 N–H and O–H groups in total. The highest BCUT2D eigenvalue weighted by Crippen LogP contribution is 2.31. The third-order valence-electron chi connectivity index (χ3n) is 2.75. The molecule has 7 heteroatoms. The topological polar surface area (TPSA) is 105 Å². The SMILES string of the molecule is C=C[C@]1(CO)OC(n2ccc(=O)[nH]c2=O)=C[C@@H]1O. The summed E-state index contributed by atoms with van der Waals surface area (Å²) in [5.74, 6) is 0.0256. The van der Waals surface area contributed by atoms with Gasteiger partial charge in [-0.3, -0.25) is 9.78 Å². The fraction of sp³-hybridized carbons (Fsp3) is 0.273. The Bertz CT molecular complexity index is 614. The van der Waals surface area contributed by atoms with Crippen molar-refractivity contribution in [3.05, 3.63) is 51.8 Å². The van der Waals surface area contributed by atoms with E-state index < -0.39 is 29.6 Å². The molecule has 2 atom stereocenters. The van der Waals surface area contributed by atoms with Gasteiger partial charge in [-0.2, -0.15) is 0 Å². The van der Waals surface area contributed by atoms with E-state index in [1.165, 1.54) is 18.3 Å². The van der Waals surface area contributed by atoms with Gasteiger partial charge in [0.15, 0.2) is 5.60 Å². The molecule has 1 aromatic heterocycles. The Labute approximate surface area is 101 Å². The lowest BCUT2D eigenvalue weighted by Crippen LogP contribution is -2.41. The van der Waals surface area contributed by atoms with Crippen LogP contribution >= 0.6 is 0 Å². The van der Waals surface area contributed by atoms with Crippen LogP contribution in [-0.4, -0.2) is 38.1 Å². The Kier molecular flexibility index (Phi) is 2.93. The predicted octanol–water partition coefficient (Wildman–Crippen LogP) is -1.36. The second-order valence-electron chi connectivity index (χ2n) is 3.85. The number of aromatic amines is 1. The van der Waals surface area contributed by atoms with E-state index in [9.17, 15) is 19.8 Å². The third kappa shape index (κ3) is 1.79. The van der Waals surface area contributed by atoms with Gasteiger partial charge in [0.25, 0.3) is 5.56 Å². The summed E-state index contributed by atoms with van der Waals surface area (Å²) in [5.41, 5.74) is -2.60. The zero-order valence-corrected chi connectivity index (χ0v) is 9.37. The summed E-state index contributed by atoms with van der Waals surface area (Å²) in [7, 11) is 0. The van der Waals surface area contributed by atoms with Crippen molar-refractivity contribution in [2.45, 2.75) is 11.7 Å². The van der Waals surface area contributed by atoms with E-state index in [-0.39, 0.29) is 5.88 Å². The maximum Gasteiger partial charge on any atom is 0.335 e. The van der Waals surface area contributed by atoms with Crippen molar-refractivity contribution in [1.29, 1.82) is 0 Å². The van der Waals surface area contributed by atoms with Crippen molar-refractivity contribution >= 4 is 5.88 Å². The first kappa shape index (κ1) is 12.3. The molecule has 0 saturated carbocycles. The average Bonchev–Trinajstić information content (AvgIpc) is 2.67. The smallest absolute Gasteiger partial charge is 0.335 e. The molecule has 0 aromatic carbocycles. The van der Waals surface area contributed by atoms with Gasteiger partial charge in [-0.15, -0.1) is 0 Å². The summed E-state index contributed by atoms with van der Waals surface area (Å²) < 4.78 is 6.37. The number of H-pyrrole nitrogens is 1. The molecular formula is C11H12N2O5. The molecule has 0 aliphatic carbocycles. The second-order valence-corrected chi connectivity index (χ2v) is 3.85. The third-order valence-corrected chi connectivity index (χ3v) is 2.75. The van der Waals surface area contributed by atoms with Crippen molar-refractivity contribution in [3.63, 3.8) is 0 Å². The minimum atomic E-state index is -1.37. The van der Waals surface area contributed by atoms with Gasteiger partial charge < -0.3 is 14.9 Å². The number of nitrogens with one attached hydrogen (secondary N) is 1. The molecule has 2 heterocycles. The van der Waals surface area contributed by atoms with Crippen LogP contribution in [0.5, 0.6) is 0 Å². The lowest BCUT2D eigenvalue weighted by molar-refractivity contribution is -0.0335. The van der Waals surface area contributed by atoms with Gasteiger partial charge in [-0.05, 0) is 6.08 Å². The largest absolute Gasteiger partial charge is 0.462 e. The maximum absolute atomic E-state index is 11.5. The number of aromatic nitrogens is 2. The molecule has 0 fully saturated rings. The maximum atomic E-state index is 11.5. The van der Waals surface area contributed by atoms with E-state index in [4.69, 9.17) is 4.74 Å². The van der Waals surface area contributed by atoms with Gasteiger partial charge in [0.2, 0.25) is 5.88 Å². The van der Waals surface area contributed by atoms with Crippen LogP contribution in [0, 0.1) is 0 Å². The molecule has 2 rings (SSSR count). The van der Waals surface area contributed by atoms with Crippen molar-refractivity contribution in [2.75, 3.05) is 6.61 Å². The van der Waals surface area contributed by atoms with Crippen LogP contribution in [0.4, 0.5) is 0 Å². The first-order valence-electron chi connectivity index (χ1n) is 5.18. The predicted molar refractivity (Wildman–Crippen MR) is 62.7 cm³/mol. The Morgan fingerprint density at radius 3 is 2.83 bits per heavy atom. The molecule has 1 aliphatic heterocycles. The summed E-state index contributed by atoms with van der Waals surface area (Å²) in [6, 6.07) is 1.14. The summed E-state index contributed by atoms with van der Waals surface area (Å²) >= 11 is 0.